The summed E-state index contributed by atoms with van der Waals surface area (Å²) in [5.41, 5.74) is 2.41. The number of hydrogen-bond acceptors (Lipinski definition) is 3. The van der Waals surface area contributed by atoms with E-state index < -0.39 is 0 Å². The second kappa shape index (κ2) is 7.65. The minimum Gasteiger partial charge on any atom is -0.496 e. The molecule has 0 bridgehead atoms. The fourth-order valence-corrected chi connectivity index (χ4v) is 3.32. The van der Waals surface area contributed by atoms with Crippen molar-refractivity contribution in [2.24, 2.45) is 0 Å². The number of aryl methyl sites for hydroxylation is 1. The van der Waals surface area contributed by atoms with Gasteiger partial charge in [0.25, 0.3) is 5.91 Å². The van der Waals surface area contributed by atoms with Crippen LogP contribution in [0.5, 0.6) is 5.75 Å². The first-order valence-corrected chi connectivity index (χ1v) is 8.76. The Kier molecular flexibility index (Phi) is 5.52. The Balaban J connectivity index is 1.82. The Bertz CT molecular complexity index is 794. The molecule has 1 aliphatic heterocycles. The van der Waals surface area contributed by atoms with Gasteiger partial charge < -0.3 is 14.4 Å². The summed E-state index contributed by atoms with van der Waals surface area (Å²) >= 11 is 12.1. The summed E-state index contributed by atoms with van der Waals surface area (Å²) in [5, 5.41) is 0.977. The van der Waals surface area contributed by atoms with Gasteiger partial charge in [-0.2, -0.15) is 0 Å². The van der Waals surface area contributed by atoms with Crippen molar-refractivity contribution < 1.29 is 14.3 Å². The van der Waals surface area contributed by atoms with Crippen LogP contribution in [-0.2, 0) is 4.74 Å². The molecule has 4 nitrogen and oxygen atoms in total. The quantitative estimate of drug-likeness (QED) is 0.786. The summed E-state index contributed by atoms with van der Waals surface area (Å²) in [6, 6.07) is 11.0. The number of morpholine rings is 1. The average molecular weight is 380 g/mol. The standard InChI is InChI=1S/C19H19Cl2NO3/c1-12-4-3-5-14(18(12)24-2)19(23)22-8-9-25-17(11-22)13-6-7-15(20)16(21)10-13/h3-7,10,17H,8-9,11H2,1-2H3/t17-/m1/s1. The molecule has 0 aromatic heterocycles. The lowest BCUT2D eigenvalue weighted by Gasteiger charge is -2.33. The molecule has 0 unspecified atom stereocenters. The van der Waals surface area contributed by atoms with Crippen LogP contribution in [-0.4, -0.2) is 37.6 Å². The topological polar surface area (TPSA) is 38.8 Å². The molecule has 1 amide bonds. The molecule has 25 heavy (non-hydrogen) atoms. The molecule has 1 saturated heterocycles. The highest BCUT2D eigenvalue weighted by atomic mass is 35.5. The number of hydrogen-bond donors (Lipinski definition) is 0. The number of ether oxygens (including phenoxy) is 2. The average Bonchev–Trinajstić information content (AvgIpc) is 2.63. The Morgan fingerprint density at radius 1 is 1.24 bits per heavy atom. The molecular formula is C19H19Cl2NO3. The number of carbonyl (C=O) groups is 1. The smallest absolute Gasteiger partial charge is 0.257 e. The third-order valence-corrected chi connectivity index (χ3v) is 5.05. The second-order valence-corrected chi connectivity index (χ2v) is 6.75. The maximum Gasteiger partial charge on any atom is 0.257 e. The molecule has 0 spiro atoms. The Hall–Kier alpha value is -1.75. The largest absolute Gasteiger partial charge is 0.496 e. The van der Waals surface area contributed by atoms with Crippen LogP contribution in [0.2, 0.25) is 10.0 Å². The van der Waals surface area contributed by atoms with Crippen LogP contribution >= 0.6 is 23.2 Å². The highest BCUT2D eigenvalue weighted by Gasteiger charge is 2.28. The number of carbonyl (C=O) groups excluding carboxylic acids is 1. The van der Waals surface area contributed by atoms with Gasteiger partial charge in [-0.25, -0.2) is 0 Å². The summed E-state index contributed by atoms with van der Waals surface area (Å²) in [5.74, 6) is 0.555. The van der Waals surface area contributed by atoms with Gasteiger partial charge in [-0.1, -0.05) is 41.4 Å². The maximum atomic E-state index is 13.0. The molecule has 6 heteroatoms. The van der Waals surface area contributed by atoms with E-state index in [1.165, 1.54) is 0 Å². The summed E-state index contributed by atoms with van der Waals surface area (Å²) in [6.45, 7) is 3.37. The first-order valence-electron chi connectivity index (χ1n) is 8.00. The zero-order valence-electron chi connectivity index (χ0n) is 14.1. The molecule has 2 aromatic carbocycles. The van der Waals surface area contributed by atoms with Gasteiger partial charge in [0.15, 0.2) is 0 Å². The predicted molar refractivity (Wildman–Crippen MR) is 98.8 cm³/mol. The van der Waals surface area contributed by atoms with Crippen LogP contribution in [0.1, 0.15) is 27.6 Å². The van der Waals surface area contributed by atoms with E-state index in [1.54, 1.807) is 30.2 Å². The molecule has 0 radical (unpaired) electrons. The third-order valence-electron chi connectivity index (χ3n) is 4.32. The molecule has 0 N–H and O–H groups in total. The van der Waals surface area contributed by atoms with E-state index in [0.29, 0.717) is 41.1 Å². The number of amides is 1. The zero-order valence-corrected chi connectivity index (χ0v) is 15.6. The van der Waals surface area contributed by atoms with Crippen LogP contribution in [0.25, 0.3) is 0 Å². The van der Waals surface area contributed by atoms with Crippen LogP contribution in [0.4, 0.5) is 0 Å². The van der Waals surface area contributed by atoms with Crippen molar-refractivity contribution >= 4 is 29.1 Å². The molecule has 0 aliphatic carbocycles. The summed E-state index contributed by atoms with van der Waals surface area (Å²) in [6.07, 6.45) is -0.233. The van der Waals surface area contributed by atoms with E-state index in [0.717, 1.165) is 11.1 Å². The van der Waals surface area contributed by atoms with Gasteiger partial charge in [0.05, 0.1) is 35.9 Å². The third kappa shape index (κ3) is 3.76. The number of benzene rings is 2. The maximum absolute atomic E-state index is 13.0. The monoisotopic (exact) mass is 379 g/mol. The molecule has 1 aliphatic rings. The van der Waals surface area contributed by atoms with Crippen LogP contribution in [0.3, 0.4) is 0 Å². The van der Waals surface area contributed by atoms with E-state index in [2.05, 4.69) is 0 Å². The lowest BCUT2D eigenvalue weighted by atomic mass is 10.1. The van der Waals surface area contributed by atoms with Crippen molar-refractivity contribution in [2.45, 2.75) is 13.0 Å². The van der Waals surface area contributed by atoms with Gasteiger partial charge in [-0.15, -0.1) is 0 Å². The van der Waals surface area contributed by atoms with Crippen LogP contribution in [0.15, 0.2) is 36.4 Å². The van der Waals surface area contributed by atoms with Crippen molar-refractivity contribution in [3.8, 4) is 5.75 Å². The first kappa shape index (κ1) is 18.1. The zero-order chi connectivity index (χ0) is 18.0. The summed E-state index contributed by atoms with van der Waals surface area (Å²) in [4.78, 5) is 14.8. The Morgan fingerprint density at radius 3 is 2.76 bits per heavy atom. The minimum atomic E-state index is -0.233. The molecule has 1 heterocycles. The second-order valence-electron chi connectivity index (χ2n) is 5.94. The highest BCUT2D eigenvalue weighted by Crippen LogP contribution is 2.30. The molecule has 1 atom stereocenters. The number of methoxy groups -OCH3 is 1. The van der Waals surface area contributed by atoms with Crippen molar-refractivity contribution in [3.63, 3.8) is 0 Å². The molecule has 2 aromatic rings. The lowest BCUT2D eigenvalue weighted by molar-refractivity contribution is -0.0229. The molecular weight excluding hydrogens is 361 g/mol. The Morgan fingerprint density at radius 2 is 2.04 bits per heavy atom. The van der Waals surface area contributed by atoms with E-state index in [9.17, 15) is 4.79 Å². The molecule has 0 saturated carbocycles. The van der Waals surface area contributed by atoms with Crippen molar-refractivity contribution in [2.75, 3.05) is 26.8 Å². The fourth-order valence-electron chi connectivity index (χ4n) is 3.01. The normalized spacial score (nSPS) is 17.4. The van der Waals surface area contributed by atoms with Crippen molar-refractivity contribution in [3.05, 3.63) is 63.1 Å². The summed E-state index contributed by atoms with van der Waals surface area (Å²) in [7, 11) is 1.58. The number of para-hydroxylation sites is 1. The van der Waals surface area contributed by atoms with Gasteiger partial charge >= 0.3 is 0 Å². The molecule has 132 valence electrons. The van der Waals surface area contributed by atoms with E-state index in [4.69, 9.17) is 32.7 Å². The predicted octanol–water partition coefficient (Wildman–Crippen LogP) is 4.52. The first-order chi connectivity index (χ1) is 12.0. The van der Waals surface area contributed by atoms with Gasteiger partial charge in [-0.3, -0.25) is 4.79 Å². The minimum absolute atomic E-state index is 0.0612. The van der Waals surface area contributed by atoms with Gasteiger partial charge in [-0.05, 0) is 36.2 Å². The lowest BCUT2D eigenvalue weighted by Crippen LogP contribution is -2.42. The van der Waals surface area contributed by atoms with Gasteiger partial charge in [0.2, 0.25) is 0 Å². The van der Waals surface area contributed by atoms with Crippen LogP contribution < -0.4 is 4.74 Å². The van der Waals surface area contributed by atoms with E-state index >= 15 is 0 Å². The number of nitrogens with zero attached hydrogens (tertiary/aromatic N) is 1. The molecule has 3 rings (SSSR count). The van der Waals surface area contributed by atoms with Crippen molar-refractivity contribution in [1.82, 2.24) is 4.90 Å². The van der Waals surface area contributed by atoms with Gasteiger partial charge in [0, 0.05) is 6.54 Å². The highest BCUT2D eigenvalue weighted by molar-refractivity contribution is 6.42. The SMILES string of the molecule is COc1c(C)cccc1C(=O)N1CCO[C@@H](c2ccc(Cl)c(Cl)c2)C1. The number of halogens is 2. The van der Waals surface area contributed by atoms with Crippen LogP contribution in [0, 0.1) is 6.92 Å². The van der Waals surface area contributed by atoms with E-state index in [-0.39, 0.29) is 12.0 Å². The number of rotatable bonds is 3. The van der Waals surface area contributed by atoms with Gasteiger partial charge in [0.1, 0.15) is 11.9 Å². The molecule has 1 fully saturated rings. The summed E-state index contributed by atoms with van der Waals surface area (Å²) < 4.78 is 11.2. The van der Waals surface area contributed by atoms with E-state index in [1.807, 2.05) is 25.1 Å². The Labute approximate surface area is 157 Å². The van der Waals surface area contributed by atoms with Crippen molar-refractivity contribution in [1.29, 1.82) is 0 Å². The fraction of sp³-hybridized carbons (Fsp3) is 0.316.